The van der Waals surface area contributed by atoms with Gasteiger partial charge in [0.15, 0.2) is 6.10 Å². The highest BCUT2D eigenvalue weighted by Gasteiger charge is 2.17. The van der Waals surface area contributed by atoms with Crippen molar-refractivity contribution in [3.05, 3.63) is 97.2 Å². The van der Waals surface area contributed by atoms with Crippen molar-refractivity contribution in [3.8, 4) is 0 Å². The lowest BCUT2D eigenvalue weighted by molar-refractivity contribution is -0.162. The third-order valence-corrected chi connectivity index (χ3v) is 12.6. The standard InChI is InChI=1S/C65H112O5/c1-4-7-10-13-16-19-22-25-28-31-33-35-37-40-43-46-49-52-55-58-64(66)69-62-63(61-68-60-57-54-51-48-45-42-39-36-32-29-26-23-20-17-14-11-8-5-2)70-65(67)59-56-53-50-47-44-41-38-34-30-27-24-21-18-15-12-9-6-3/h8-9,11-12,17-18,20-21,26-27,29-30,38,41,47,50,63H,4-7,10,13-16,19,22-25,28,31-37,39-40,42-46,48-49,51-62H2,1-3H3/b11-8-,12-9-,20-17-,21-18-,29-26-,30-27-,41-38-,50-47-. The Morgan fingerprint density at radius 1 is 0.329 bits per heavy atom. The van der Waals surface area contributed by atoms with Crippen LogP contribution in [0.25, 0.3) is 0 Å². The van der Waals surface area contributed by atoms with Crippen LogP contribution >= 0.6 is 0 Å². The maximum atomic E-state index is 12.9. The van der Waals surface area contributed by atoms with Crippen molar-refractivity contribution < 1.29 is 23.8 Å². The molecule has 0 saturated carbocycles. The molecule has 402 valence electrons. The van der Waals surface area contributed by atoms with E-state index in [4.69, 9.17) is 14.2 Å². The van der Waals surface area contributed by atoms with Crippen molar-refractivity contribution in [1.29, 1.82) is 0 Å². The first kappa shape index (κ1) is 66.8. The summed E-state index contributed by atoms with van der Waals surface area (Å²) in [5, 5.41) is 0. The fourth-order valence-electron chi connectivity index (χ4n) is 8.27. The number of allylic oxidation sites excluding steroid dienone is 16. The van der Waals surface area contributed by atoms with Gasteiger partial charge in [-0.3, -0.25) is 9.59 Å². The molecule has 1 atom stereocenters. The van der Waals surface area contributed by atoms with Crippen LogP contribution in [0.15, 0.2) is 97.2 Å². The van der Waals surface area contributed by atoms with Crippen LogP contribution in [-0.4, -0.2) is 37.9 Å². The summed E-state index contributed by atoms with van der Waals surface area (Å²) >= 11 is 0. The van der Waals surface area contributed by atoms with Crippen molar-refractivity contribution in [2.24, 2.45) is 0 Å². The van der Waals surface area contributed by atoms with Gasteiger partial charge in [0.2, 0.25) is 0 Å². The first-order valence-electron chi connectivity index (χ1n) is 29.8. The van der Waals surface area contributed by atoms with Gasteiger partial charge < -0.3 is 14.2 Å². The van der Waals surface area contributed by atoms with E-state index in [1.54, 1.807) is 0 Å². The summed E-state index contributed by atoms with van der Waals surface area (Å²) in [6.45, 7) is 7.56. The van der Waals surface area contributed by atoms with Gasteiger partial charge in [-0.2, -0.15) is 0 Å². The fourth-order valence-corrected chi connectivity index (χ4v) is 8.27. The zero-order chi connectivity index (χ0) is 50.6. The largest absolute Gasteiger partial charge is 0.462 e. The summed E-state index contributed by atoms with van der Waals surface area (Å²) in [6, 6.07) is 0. The molecule has 0 aliphatic carbocycles. The predicted molar refractivity (Wildman–Crippen MR) is 306 cm³/mol. The van der Waals surface area contributed by atoms with Crippen LogP contribution in [0.5, 0.6) is 0 Å². The van der Waals surface area contributed by atoms with Gasteiger partial charge >= 0.3 is 11.9 Å². The number of ether oxygens (including phenoxy) is 3. The maximum Gasteiger partial charge on any atom is 0.306 e. The first-order chi connectivity index (χ1) is 34.6. The predicted octanol–water partition coefficient (Wildman–Crippen LogP) is 20.6. The number of hydrogen-bond acceptors (Lipinski definition) is 5. The van der Waals surface area contributed by atoms with Crippen molar-refractivity contribution in [1.82, 2.24) is 0 Å². The van der Waals surface area contributed by atoms with Crippen LogP contribution in [0, 0.1) is 0 Å². The highest BCUT2D eigenvalue weighted by atomic mass is 16.6. The quantitative estimate of drug-likeness (QED) is 0.0345. The average Bonchev–Trinajstić information content (AvgIpc) is 3.36. The van der Waals surface area contributed by atoms with Gasteiger partial charge in [0.25, 0.3) is 0 Å². The zero-order valence-corrected chi connectivity index (χ0v) is 46.3. The lowest BCUT2D eigenvalue weighted by atomic mass is 10.0. The van der Waals surface area contributed by atoms with E-state index in [0.29, 0.717) is 19.4 Å². The Balaban J connectivity index is 4.35. The van der Waals surface area contributed by atoms with E-state index in [1.807, 2.05) is 0 Å². The second kappa shape index (κ2) is 60.1. The van der Waals surface area contributed by atoms with Crippen molar-refractivity contribution in [3.63, 3.8) is 0 Å². The van der Waals surface area contributed by atoms with E-state index < -0.39 is 6.10 Å². The molecular formula is C65H112O5. The average molecular weight is 974 g/mol. The molecule has 0 saturated heterocycles. The molecular weight excluding hydrogens is 861 g/mol. The molecule has 0 radical (unpaired) electrons. The maximum absolute atomic E-state index is 12.9. The van der Waals surface area contributed by atoms with Crippen molar-refractivity contribution in [2.45, 2.75) is 284 Å². The van der Waals surface area contributed by atoms with Gasteiger partial charge in [-0.05, 0) is 89.9 Å². The molecule has 0 aliphatic rings. The van der Waals surface area contributed by atoms with E-state index in [1.165, 1.54) is 154 Å². The zero-order valence-electron chi connectivity index (χ0n) is 46.3. The van der Waals surface area contributed by atoms with Gasteiger partial charge in [0, 0.05) is 19.4 Å². The normalized spacial score (nSPS) is 12.9. The molecule has 0 aromatic heterocycles. The molecule has 0 aliphatic heterocycles. The molecule has 0 aromatic rings. The summed E-state index contributed by atoms with van der Waals surface area (Å²) in [5.74, 6) is -0.461. The molecule has 5 nitrogen and oxygen atoms in total. The van der Waals surface area contributed by atoms with Crippen molar-refractivity contribution in [2.75, 3.05) is 19.8 Å². The van der Waals surface area contributed by atoms with Crippen LogP contribution in [-0.2, 0) is 23.8 Å². The minimum atomic E-state index is -0.574. The summed E-state index contributed by atoms with van der Waals surface area (Å²) in [5.41, 5.74) is 0. The molecule has 0 heterocycles. The second-order valence-corrected chi connectivity index (χ2v) is 19.5. The Morgan fingerprint density at radius 2 is 0.657 bits per heavy atom. The summed E-state index contributed by atoms with van der Waals surface area (Å²) in [4.78, 5) is 25.5. The Labute approximate surface area is 434 Å². The molecule has 1 unspecified atom stereocenters. The Morgan fingerprint density at radius 3 is 1.07 bits per heavy atom. The van der Waals surface area contributed by atoms with Crippen LogP contribution in [0.2, 0.25) is 0 Å². The van der Waals surface area contributed by atoms with Crippen LogP contribution in [0.4, 0.5) is 0 Å². The smallest absolute Gasteiger partial charge is 0.306 e. The molecule has 5 heteroatoms. The summed E-state index contributed by atoms with van der Waals surface area (Å²) in [6.07, 6.45) is 81.6. The second-order valence-electron chi connectivity index (χ2n) is 19.5. The molecule has 0 spiro atoms. The summed E-state index contributed by atoms with van der Waals surface area (Å²) < 4.78 is 17.4. The van der Waals surface area contributed by atoms with Gasteiger partial charge in [-0.1, -0.05) is 272 Å². The van der Waals surface area contributed by atoms with Gasteiger partial charge in [-0.15, -0.1) is 0 Å². The Bertz CT molecular complexity index is 1330. The van der Waals surface area contributed by atoms with E-state index in [0.717, 1.165) is 89.9 Å². The summed E-state index contributed by atoms with van der Waals surface area (Å²) in [7, 11) is 0. The third-order valence-electron chi connectivity index (χ3n) is 12.6. The molecule has 0 bridgehead atoms. The monoisotopic (exact) mass is 973 g/mol. The molecule has 0 aromatic carbocycles. The lowest BCUT2D eigenvalue weighted by Gasteiger charge is -2.18. The molecule has 70 heavy (non-hydrogen) atoms. The first-order valence-corrected chi connectivity index (χ1v) is 29.8. The minimum absolute atomic E-state index is 0.0578. The highest BCUT2D eigenvalue weighted by molar-refractivity contribution is 5.70. The number of hydrogen-bond donors (Lipinski definition) is 0. The van der Waals surface area contributed by atoms with E-state index in [-0.39, 0.29) is 25.2 Å². The van der Waals surface area contributed by atoms with Gasteiger partial charge in [-0.25, -0.2) is 0 Å². The highest BCUT2D eigenvalue weighted by Crippen LogP contribution is 2.16. The number of carbonyl (C=O) groups is 2. The van der Waals surface area contributed by atoms with Crippen LogP contribution in [0.1, 0.15) is 278 Å². The lowest BCUT2D eigenvalue weighted by Crippen LogP contribution is -2.30. The Kier molecular flexibility index (Phi) is 57.4. The number of rotatable bonds is 54. The Hall–Kier alpha value is -3.18. The molecule has 0 N–H and O–H groups in total. The van der Waals surface area contributed by atoms with Crippen LogP contribution in [0.3, 0.4) is 0 Å². The van der Waals surface area contributed by atoms with Crippen LogP contribution < -0.4 is 0 Å². The number of carbonyl (C=O) groups excluding carboxylic acids is 2. The topological polar surface area (TPSA) is 61.8 Å². The molecule has 0 rings (SSSR count). The SMILES string of the molecule is CC/C=C\C/C=C\C/C=C\C/C=C\C/C=C\CCCC(=O)OC(COCCCCCCCCCC/C=C\C/C=C\C/C=C\CC)COC(=O)CCCCCCCCCCCCCCCCCCCCC. The van der Waals surface area contributed by atoms with E-state index in [2.05, 4.69) is 118 Å². The van der Waals surface area contributed by atoms with Gasteiger partial charge in [0.05, 0.1) is 6.61 Å². The molecule has 0 fully saturated rings. The number of esters is 2. The van der Waals surface area contributed by atoms with E-state index in [9.17, 15) is 9.59 Å². The fraction of sp³-hybridized carbons (Fsp3) is 0.723. The number of unbranched alkanes of at least 4 members (excludes halogenated alkanes) is 27. The van der Waals surface area contributed by atoms with Crippen molar-refractivity contribution >= 4 is 11.9 Å². The molecule has 0 amide bonds. The van der Waals surface area contributed by atoms with E-state index >= 15 is 0 Å². The minimum Gasteiger partial charge on any atom is -0.462 e. The van der Waals surface area contributed by atoms with Gasteiger partial charge in [0.1, 0.15) is 6.61 Å². The third kappa shape index (κ3) is 57.4.